The fourth-order valence-corrected chi connectivity index (χ4v) is 7.20. The van der Waals surface area contributed by atoms with Crippen molar-refractivity contribution in [3.05, 3.63) is 114 Å². The van der Waals surface area contributed by atoms with Crippen molar-refractivity contribution in [3.63, 3.8) is 0 Å². The topological polar surface area (TPSA) is 118 Å². The van der Waals surface area contributed by atoms with Crippen molar-refractivity contribution in [2.45, 2.75) is 44.6 Å². The van der Waals surface area contributed by atoms with E-state index in [9.17, 15) is 24.3 Å². The predicted octanol–water partition coefficient (Wildman–Crippen LogP) is 4.21. The molecule has 0 spiro atoms. The number of hydrogen-bond donors (Lipinski definition) is 2. The average Bonchev–Trinajstić information content (AvgIpc) is 3.89. The van der Waals surface area contributed by atoms with Crippen LogP contribution in [0.1, 0.15) is 39.9 Å². The van der Waals surface area contributed by atoms with Crippen molar-refractivity contribution in [3.8, 4) is 5.75 Å². The fourth-order valence-electron chi connectivity index (χ4n) is 7.20. The van der Waals surface area contributed by atoms with Crippen LogP contribution in [0.15, 0.2) is 91.6 Å². The van der Waals surface area contributed by atoms with Gasteiger partial charge in [-0.2, -0.15) is 0 Å². The lowest BCUT2D eigenvalue weighted by atomic mass is 9.97. The Morgan fingerprint density at radius 3 is 2.45 bits per heavy atom. The molecule has 11 heteroatoms. The molecule has 0 bridgehead atoms. The molecular weight excluding hydrogens is 620 g/mol. The highest BCUT2D eigenvalue weighted by Crippen LogP contribution is 2.36. The number of fused-ring (bicyclic) bond motifs is 2. The number of urea groups is 1. The molecule has 4 aromatic rings. The molecular formula is C38H40N6O5. The summed E-state index contributed by atoms with van der Waals surface area (Å²) < 4.78 is 1.95. The first kappa shape index (κ1) is 32.1. The quantitative estimate of drug-likeness (QED) is 0.194. The van der Waals surface area contributed by atoms with Crippen molar-refractivity contribution < 1.29 is 24.3 Å². The third-order valence-electron chi connectivity index (χ3n) is 9.69. The van der Waals surface area contributed by atoms with Crippen LogP contribution in [0.4, 0.5) is 4.79 Å². The molecule has 1 saturated carbocycles. The Bertz CT molecular complexity index is 1920. The second-order valence-corrected chi connectivity index (χ2v) is 13.1. The van der Waals surface area contributed by atoms with Gasteiger partial charge in [-0.05, 0) is 41.7 Å². The van der Waals surface area contributed by atoms with Crippen LogP contribution in [-0.4, -0.2) is 85.0 Å². The second kappa shape index (κ2) is 13.2. The number of nitrogens with zero attached hydrogens (tertiary/aromatic N) is 5. The molecule has 2 N–H and O–H groups in total. The smallest absolute Gasteiger partial charge is 0.334 e. The van der Waals surface area contributed by atoms with E-state index in [1.54, 1.807) is 50.2 Å². The Balaban J connectivity index is 1.26. The summed E-state index contributed by atoms with van der Waals surface area (Å²) in [6.45, 7) is 4.61. The first-order valence-corrected chi connectivity index (χ1v) is 16.7. The number of carbonyl (C=O) groups excluding carboxylic acids is 4. The monoisotopic (exact) mass is 660 g/mol. The van der Waals surface area contributed by atoms with E-state index in [0.717, 1.165) is 40.4 Å². The van der Waals surface area contributed by atoms with Crippen LogP contribution >= 0.6 is 0 Å². The highest BCUT2D eigenvalue weighted by molar-refractivity contribution is 6.10. The molecule has 3 heterocycles. The number of hydrogen-bond acceptors (Lipinski definition) is 6. The molecule has 3 fully saturated rings. The zero-order valence-corrected chi connectivity index (χ0v) is 27.5. The average molecular weight is 661 g/mol. The van der Waals surface area contributed by atoms with Crippen LogP contribution in [-0.2, 0) is 36.1 Å². The van der Waals surface area contributed by atoms with Crippen LogP contribution in [0, 0.1) is 5.92 Å². The molecule has 252 valence electrons. The van der Waals surface area contributed by atoms with E-state index in [1.165, 1.54) is 0 Å². The Labute approximate surface area is 285 Å². The lowest BCUT2D eigenvalue weighted by molar-refractivity contribution is -0.189. The lowest BCUT2D eigenvalue weighted by Gasteiger charge is -2.55. The first-order valence-electron chi connectivity index (χ1n) is 16.7. The maximum Gasteiger partial charge on any atom is 0.334 e. The molecule has 2 aliphatic heterocycles. The number of aryl methyl sites for hydroxylation is 1. The molecule has 2 saturated heterocycles. The first-order chi connectivity index (χ1) is 23.7. The minimum Gasteiger partial charge on any atom is -0.508 e. The number of ketones is 1. The van der Waals surface area contributed by atoms with E-state index in [2.05, 4.69) is 11.9 Å². The van der Waals surface area contributed by atoms with Gasteiger partial charge in [0.15, 0.2) is 5.78 Å². The fraction of sp³-hybridized carbons (Fsp3) is 0.316. The molecule has 0 radical (unpaired) electrons. The molecule has 3 aliphatic rings. The number of aromatic hydroxyl groups is 1. The number of para-hydroxylation sites is 1. The number of hydrazine groups is 1. The van der Waals surface area contributed by atoms with Crippen LogP contribution in [0.3, 0.4) is 0 Å². The minimum atomic E-state index is -0.897. The Hall–Kier alpha value is -5.42. The summed E-state index contributed by atoms with van der Waals surface area (Å²) >= 11 is 0. The number of benzene rings is 3. The van der Waals surface area contributed by atoms with Gasteiger partial charge in [0.2, 0.25) is 11.8 Å². The van der Waals surface area contributed by atoms with Crippen LogP contribution < -0.4 is 5.32 Å². The largest absolute Gasteiger partial charge is 0.508 e. The SMILES string of the molecule is C=CCN1CC(=O)N2[C@@H](Cc3ccc(O)cc3)C(=O)N(Cc3cccc4c(C(=O)C5CC5)cn(C)c34)C[C@@H]2N1C(=O)NCc1ccccc1. The molecule has 11 nitrogen and oxygen atoms in total. The van der Waals surface area contributed by atoms with Crippen molar-refractivity contribution in [2.75, 3.05) is 19.6 Å². The predicted molar refractivity (Wildman–Crippen MR) is 184 cm³/mol. The second-order valence-electron chi connectivity index (χ2n) is 13.1. The Kier molecular flexibility index (Phi) is 8.68. The third-order valence-corrected chi connectivity index (χ3v) is 9.69. The van der Waals surface area contributed by atoms with Gasteiger partial charge in [0.25, 0.3) is 0 Å². The van der Waals surface area contributed by atoms with E-state index >= 15 is 0 Å². The van der Waals surface area contributed by atoms with E-state index in [4.69, 9.17) is 0 Å². The van der Waals surface area contributed by atoms with E-state index in [1.807, 2.05) is 66.3 Å². The van der Waals surface area contributed by atoms with Crippen molar-refractivity contribution in [2.24, 2.45) is 13.0 Å². The van der Waals surface area contributed by atoms with Gasteiger partial charge in [0.1, 0.15) is 18.0 Å². The van der Waals surface area contributed by atoms with Gasteiger partial charge in [-0.1, -0.05) is 66.7 Å². The molecule has 0 unspecified atom stereocenters. The summed E-state index contributed by atoms with van der Waals surface area (Å²) in [5.74, 6) is -0.167. The zero-order valence-electron chi connectivity index (χ0n) is 27.5. The van der Waals surface area contributed by atoms with Gasteiger partial charge in [-0.3, -0.25) is 14.4 Å². The summed E-state index contributed by atoms with van der Waals surface area (Å²) in [5, 5.41) is 17.0. The third kappa shape index (κ3) is 6.29. The maximum atomic E-state index is 14.5. The van der Waals surface area contributed by atoms with Crippen molar-refractivity contribution in [1.29, 1.82) is 0 Å². The molecule has 2 atom stereocenters. The molecule has 49 heavy (non-hydrogen) atoms. The van der Waals surface area contributed by atoms with Gasteiger partial charge in [0, 0.05) is 56.2 Å². The van der Waals surface area contributed by atoms with Gasteiger partial charge < -0.3 is 24.8 Å². The summed E-state index contributed by atoms with van der Waals surface area (Å²) in [4.78, 5) is 58.9. The van der Waals surface area contributed by atoms with Crippen LogP contribution in [0.5, 0.6) is 5.75 Å². The van der Waals surface area contributed by atoms with Crippen LogP contribution in [0.25, 0.3) is 10.9 Å². The molecule has 4 amide bonds. The number of rotatable bonds is 10. The van der Waals surface area contributed by atoms with Gasteiger partial charge in [-0.25, -0.2) is 14.8 Å². The summed E-state index contributed by atoms with van der Waals surface area (Å²) in [6, 6.07) is 20.7. The van der Waals surface area contributed by atoms with Gasteiger partial charge in [-0.15, -0.1) is 6.58 Å². The molecule has 3 aromatic carbocycles. The number of carbonyl (C=O) groups is 4. The maximum absolute atomic E-state index is 14.5. The number of nitrogens with one attached hydrogen (secondary N) is 1. The normalized spacial score (nSPS) is 19.7. The number of phenols is 1. The Morgan fingerprint density at radius 1 is 0.980 bits per heavy atom. The summed E-state index contributed by atoms with van der Waals surface area (Å²) in [7, 11) is 1.91. The van der Waals surface area contributed by atoms with E-state index in [-0.39, 0.29) is 68.4 Å². The Morgan fingerprint density at radius 2 is 1.73 bits per heavy atom. The van der Waals surface area contributed by atoms with E-state index in [0.29, 0.717) is 5.56 Å². The number of piperazine rings is 1. The molecule has 7 rings (SSSR count). The number of amides is 4. The van der Waals surface area contributed by atoms with Gasteiger partial charge >= 0.3 is 6.03 Å². The summed E-state index contributed by atoms with van der Waals surface area (Å²) in [6.07, 6.45) is 4.76. The van der Waals surface area contributed by atoms with Crippen molar-refractivity contribution >= 4 is 34.5 Å². The highest BCUT2D eigenvalue weighted by Gasteiger charge is 2.51. The summed E-state index contributed by atoms with van der Waals surface area (Å²) in [5.41, 5.74) is 4.14. The molecule has 1 aliphatic carbocycles. The number of phenolic OH excluding ortho intramolecular Hbond substituents is 1. The number of Topliss-reactive ketones (excluding diaryl/α,β-unsaturated/α-hetero) is 1. The highest BCUT2D eigenvalue weighted by atomic mass is 16.3. The van der Waals surface area contributed by atoms with Gasteiger partial charge in [0.05, 0.1) is 18.6 Å². The standard InChI is InChI=1S/C38H40N6O5/c1-3-18-42-24-34(46)43-32(19-25-12-16-29(45)17-13-25)37(48)41(23-33(43)44(42)38(49)39-20-26-8-5-4-6-9-26)21-28-10-7-11-30-31(22-40(2)35(28)30)36(47)27-14-15-27/h3-13,16-17,22,27,32-33,45H,1,14-15,18-21,23-24H2,2H3,(H,39,49)/t32-,33-/m0/s1. The number of aromatic nitrogens is 1. The zero-order chi connectivity index (χ0) is 34.2. The lowest BCUT2D eigenvalue weighted by Crippen LogP contribution is -2.76. The van der Waals surface area contributed by atoms with Crippen LogP contribution in [0.2, 0.25) is 0 Å². The molecule has 1 aromatic heterocycles. The van der Waals surface area contributed by atoms with E-state index < -0.39 is 18.2 Å². The minimum absolute atomic E-state index is 0.0749. The van der Waals surface area contributed by atoms with Crippen molar-refractivity contribution in [1.82, 2.24) is 29.7 Å².